The summed E-state index contributed by atoms with van der Waals surface area (Å²) in [6.07, 6.45) is 8.94. The van der Waals surface area contributed by atoms with Gasteiger partial charge in [0.1, 0.15) is 11.6 Å². The summed E-state index contributed by atoms with van der Waals surface area (Å²) >= 11 is 0. The fourth-order valence-electron chi connectivity index (χ4n) is 3.78. The third kappa shape index (κ3) is 3.96. The molecule has 140 valence electrons. The van der Waals surface area contributed by atoms with Crippen molar-refractivity contribution >= 4 is 22.7 Å². The number of likely N-dealkylation sites (N-methyl/N-ethyl adjacent to an activating group) is 1. The number of aromatic nitrogens is 1. The van der Waals surface area contributed by atoms with E-state index in [0.717, 1.165) is 50.7 Å². The van der Waals surface area contributed by atoms with Crippen molar-refractivity contribution in [2.45, 2.75) is 19.8 Å². The molecule has 0 bridgehead atoms. The van der Waals surface area contributed by atoms with Gasteiger partial charge in [0.25, 0.3) is 0 Å². The molecule has 0 amide bonds. The van der Waals surface area contributed by atoms with Crippen molar-refractivity contribution in [2.24, 2.45) is 0 Å². The van der Waals surface area contributed by atoms with Crippen LogP contribution in [-0.2, 0) is 0 Å². The van der Waals surface area contributed by atoms with Gasteiger partial charge in [0.2, 0.25) is 0 Å². The van der Waals surface area contributed by atoms with Crippen LogP contribution in [0.15, 0.2) is 60.0 Å². The summed E-state index contributed by atoms with van der Waals surface area (Å²) in [4.78, 5) is 9.78. The summed E-state index contributed by atoms with van der Waals surface area (Å²) in [7, 11) is 0. The Kier molecular flexibility index (Phi) is 5.35. The molecule has 1 aliphatic heterocycles. The van der Waals surface area contributed by atoms with Gasteiger partial charge in [0.05, 0.1) is 5.69 Å². The molecule has 0 saturated carbocycles. The topological polar surface area (TPSA) is 19.4 Å². The number of hydrogen-bond donors (Lipinski definition) is 0. The fourth-order valence-corrected chi connectivity index (χ4v) is 3.78. The van der Waals surface area contributed by atoms with Gasteiger partial charge >= 0.3 is 0 Å². The van der Waals surface area contributed by atoms with Crippen molar-refractivity contribution in [1.29, 1.82) is 0 Å². The standard InChI is InChI=1S/C23H26FN3/c1-2-26-13-15-27(16-14-26)23-21-9-5-3-8-19(21)17-20(25-23)12-11-18-7-4-6-10-22(18)24/h3-5,7-9,11-12,17H,2,6,10,13-16H2,1H3/b12-11+. The van der Waals surface area contributed by atoms with E-state index in [-0.39, 0.29) is 5.83 Å². The average molecular weight is 363 g/mol. The monoisotopic (exact) mass is 363 g/mol. The smallest absolute Gasteiger partial charge is 0.137 e. The molecule has 0 atom stereocenters. The highest BCUT2D eigenvalue weighted by atomic mass is 19.1. The largest absolute Gasteiger partial charge is 0.354 e. The van der Waals surface area contributed by atoms with E-state index in [2.05, 4.69) is 47.1 Å². The van der Waals surface area contributed by atoms with Crippen LogP contribution in [0.4, 0.5) is 10.2 Å². The number of rotatable bonds is 4. The van der Waals surface area contributed by atoms with Crippen LogP contribution in [0.2, 0.25) is 0 Å². The molecule has 2 aliphatic rings. The summed E-state index contributed by atoms with van der Waals surface area (Å²) in [6, 6.07) is 10.5. The number of pyridine rings is 1. The number of hydrogen-bond acceptors (Lipinski definition) is 3. The third-order valence-corrected chi connectivity index (χ3v) is 5.43. The normalized spacial score (nSPS) is 18.8. The first-order chi connectivity index (χ1) is 13.2. The molecule has 2 aromatic rings. The number of piperazine rings is 1. The predicted molar refractivity (Wildman–Crippen MR) is 112 cm³/mol. The van der Waals surface area contributed by atoms with Gasteiger partial charge in [-0.3, -0.25) is 0 Å². The lowest BCUT2D eigenvalue weighted by molar-refractivity contribution is 0.271. The minimum Gasteiger partial charge on any atom is -0.354 e. The highest BCUT2D eigenvalue weighted by Crippen LogP contribution is 2.28. The van der Waals surface area contributed by atoms with E-state index in [9.17, 15) is 4.39 Å². The number of nitrogens with zero attached hydrogens (tertiary/aromatic N) is 3. The fraction of sp³-hybridized carbons (Fsp3) is 0.348. The lowest BCUT2D eigenvalue weighted by Crippen LogP contribution is -2.46. The first-order valence-corrected chi connectivity index (χ1v) is 9.85. The van der Waals surface area contributed by atoms with E-state index in [1.54, 1.807) is 0 Å². The van der Waals surface area contributed by atoms with Crippen LogP contribution in [0.3, 0.4) is 0 Å². The molecule has 4 heteroatoms. The van der Waals surface area contributed by atoms with Crippen molar-refractivity contribution in [2.75, 3.05) is 37.6 Å². The lowest BCUT2D eigenvalue weighted by atomic mass is 10.0. The Morgan fingerprint density at radius 3 is 2.70 bits per heavy atom. The molecule has 3 nitrogen and oxygen atoms in total. The van der Waals surface area contributed by atoms with Gasteiger partial charge in [-0.25, -0.2) is 9.37 Å². The predicted octanol–water partition coefficient (Wildman–Crippen LogP) is 4.96. The second kappa shape index (κ2) is 8.05. The SMILES string of the molecule is CCN1CCN(c2nc(/C=C/C3=C(F)CCC=C3)cc3ccccc23)CC1. The van der Waals surface area contributed by atoms with E-state index in [1.165, 1.54) is 10.8 Å². The Morgan fingerprint density at radius 2 is 1.93 bits per heavy atom. The Bertz CT molecular complexity index is 905. The molecule has 1 fully saturated rings. The number of fused-ring (bicyclic) bond motifs is 1. The van der Waals surface area contributed by atoms with E-state index in [4.69, 9.17) is 4.98 Å². The molecule has 0 N–H and O–H groups in total. The third-order valence-electron chi connectivity index (χ3n) is 5.43. The van der Waals surface area contributed by atoms with Gasteiger partial charge in [0.15, 0.2) is 0 Å². The minimum absolute atomic E-state index is 0.0366. The summed E-state index contributed by atoms with van der Waals surface area (Å²) < 4.78 is 14.0. The maximum Gasteiger partial charge on any atom is 0.137 e. The first kappa shape index (κ1) is 17.9. The van der Waals surface area contributed by atoms with Crippen LogP contribution >= 0.6 is 0 Å². The maximum atomic E-state index is 14.0. The van der Waals surface area contributed by atoms with E-state index >= 15 is 0 Å². The van der Waals surface area contributed by atoms with Crippen molar-refractivity contribution < 1.29 is 4.39 Å². The first-order valence-electron chi connectivity index (χ1n) is 9.85. The average Bonchev–Trinajstić information content (AvgIpc) is 2.72. The molecular weight excluding hydrogens is 337 g/mol. The van der Waals surface area contributed by atoms with E-state index < -0.39 is 0 Å². The number of halogens is 1. The summed E-state index contributed by atoms with van der Waals surface area (Å²) in [5.74, 6) is 1.00. The van der Waals surface area contributed by atoms with Gasteiger partial charge in [-0.1, -0.05) is 49.4 Å². The van der Waals surface area contributed by atoms with Crippen LogP contribution in [0.25, 0.3) is 16.8 Å². The van der Waals surface area contributed by atoms with Gasteiger partial charge in [-0.2, -0.15) is 0 Å². The number of benzene rings is 1. The zero-order valence-electron chi connectivity index (χ0n) is 15.9. The summed E-state index contributed by atoms with van der Waals surface area (Å²) in [5, 5.41) is 2.36. The highest BCUT2D eigenvalue weighted by molar-refractivity contribution is 5.93. The van der Waals surface area contributed by atoms with Crippen LogP contribution < -0.4 is 4.90 Å². The highest BCUT2D eigenvalue weighted by Gasteiger charge is 2.19. The molecule has 1 aromatic heterocycles. The van der Waals surface area contributed by atoms with Gasteiger partial charge in [-0.15, -0.1) is 0 Å². The zero-order valence-corrected chi connectivity index (χ0v) is 15.9. The van der Waals surface area contributed by atoms with Crippen molar-refractivity contribution in [3.05, 3.63) is 65.7 Å². The van der Waals surface area contributed by atoms with E-state index in [1.807, 2.05) is 24.3 Å². The molecule has 0 unspecified atom stereocenters. The Balaban J connectivity index is 1.68. The molecule has 1 aliphatic carbocycles. The molecule has 0 spiro atoms. The minimum atomic E-state index is -0.0366. The van der Waals surface area contributed by atoms with Crippen LogP contribution in [0, 0.1) is 0 Å². The molecule has 27 heavy (non-hydrogen) atoms. The summed E-state index contributed by atoms with van der Waals surface area (Å²) in [5.41, 5.74) is 1.54. The maximum absolute atomic E-state index is 14.0. The van der Waals surface area contributed by atoms with Gasteiger partial charge < -0.3 is 9.80 Å². The second-order valence-corrected chi connectivity index (χ2v) is 7.15. The molecule has 0 radical (unpaired) electrons. The van der Waals surface area contributed by atoms with E-state index in [0.29, 0.717) is 12.0 Å². The van der Waals surface area contributed by atoms with Gasteiger partial charge in [0, 0.05) is 43.6 Å². The zero-order chi connectivity index (χ0) is 18.6. The number of allylic oxidation sites excluding steroid dienone is 5. The molecule has 1 saturated heterocycles. The van der Waals surface area contributed by atoms with Crippen molar-refractivity contribution in [3.8, 4) is 0 Å². The number of anilines is 1. The molecular formula is C23H26FN3. The lowest BCUT2D eigenvalue weighted by Gasteiger charge is -2.35. The molecule has 1 aromatic carbocycles. The Labute approximate surface area is 160 Å². The summed E-state index contributed by atoms with van der Waals surface area (Å²) in [6.45, 7) is 7.41. The quantitative estimate of drug-likeness (QED) is 0.765. The van der Waals surface area contributed by atoms with Crippen LogP contribution in [0.5, 0.6) is 0 Å². The van der Waals surface area contributed by atoms with Crippen LogP contribution in [0.1, 0.15) is 25.5 Å². The molecule has 4 rings (SSSR count). The van der Waals surface area contributed by atoms with Gasteiger partial charge in [-0.05, 0) is 30.5 Å². The molecule has 2 heterocycles. The second-order valence-electron chi connectivity index (χ2n) is 7.15. The van der Waals surface area contributed by atoms with Crippen molar-refractivity contribution in [3.63, 3.8) is 0 Å². The van der Waals surface area contributed by atoms with Crippen LogP contribution in [-0.4, -0.2) is 42.6 Å². The van der Waals surface area contributed by atoms with Crippen molar-refractivity contribution in [1.82, 2.24) is 9.88 Å². The Morgan fingerprint density at radius 1 is 1.11 bits per heavy atom. The Hall–Kier alpha value is -2.46.